The lowest BCUT2D eigenvalue weighted by molar-refractivity contribution is -0.142. The summed E-state index contributed by atoms with van der Waals surface area (Å²) in [5.74, 6) is -0.297. The average Bonchev–Trinajstić information content (AvgIpc) is 2.79. The summed E-state index contributed by atoms with van der Waals surface area (Å²) in [7, 11) is 3.11. The third-order valence-electron chi connectivity index (χ3n) is 5.06. The molecule has 2 aliphatic rings. The highest BCUT2D eigenvalue weighted by Crippen LogP contribution is 2.39. The Balaban J connectivity index is 1.73. The van der Waals surface area contributed by atoms with E-state index in [1.165, 1.54) is 12.0 Å². The van der Waals surface area contributed by atoms with Crippen molar-refractivity contribution >= 4 is 17.9 Å². The predicted molar refractivity (Wildman–Crippen MR) is 89.3 cm³/mol. The molecule has 1 aromatic carbocycles. The highest BCUT2D eigenvalue weighted by atomic mass is 16.6. The Morgan fingerprint density at radius 2 is 1.76 bits per heavy atom. The molecule has 0 N–H and O–H groups in total. The molecule has 2 fully saturated rings. The number of benzene rings is 1. The molecular formula is C18H22N2O5. The van der Waals surface area contributed by atoms with Crippen molar-refractivity contribution in [2.24, 2.45) is 0 Å². The van der Waals surface area contributed by atoms with Gasteiger partial charge in [-0.1, -0.05) is 31.4 Å². The van der Waals surface area contributed by atoms with Crippen LogP contribution in [0.5, 0.6) is 11.5 Å². The van der Waals surface area contributed by atoms with Crippen LogP contribution in [0, 0.1) is 0 Å². The van der Waals surface area contributed by atoms with Crippen LogP contribution >= 0.6 is 0 Å². The maximum atomic E-state index is 12.8. The molecule has 1 spiro atoms. The number of nitrogens with zero attached hydrogens (tertiary/aromatic N) is 2. The van der Waals surface area contributed by atoms with Crippen molar-refractivity contribution in [3.05, 3.63) is 24.3 Å². The number of carbonyl (C=O) groups excluding carboxylic acids is 3. The molecule has 1 heterocycles. The van der Waals surface area contributed by atoms with E-state index in [0.717, 1.165) is 24.2 Å². The molecule has 0 atom stereocenters. The molecule has 1 aliphatic carbocycles. The normalized spacial score (nSPS) is 19.4. The van der Waals surface area contributed by atoms with Gasteiger partial charge in [0.25, 0.3) is 5.91 Å². The van der Waals surface area contributed by atoms with E-state index < -0.39 is 24.1 Å². The van der Waals surface area contributed by atoms with Gasteiger partial charge in [0.05, 0.1) is 7.11 Å². The van der Waals surface area contributed by atoms with E-state index in [2.05, 4.69) is 0 Å². The van der Waals surface area contributed by atoms with Crippen LogP contribution in [0.4, 0.5) is 4.79 Å². The molecule has 3 rings (SSSR count). The Morgan fingerprint density at radius 1 is 1.12 bits per heavy atom. The lowest BCUT2D eigenvalue weighted by Crippen LogP contribution is -2.49. The molecule has 7 heteroatoms. The van der Waals surface area contributed by atoms with Gasteiger partial charge in [-0.15, -0.1) is 0 Å². The first kappa shape index (κ1) is 17.3. The van der Waals surface area contributed by atoms with Gasteiger partial charge < -0.3 is 14.4 Å². The molecule has 0 bridgehead atoms. The van der Waals surface area contributed by atoms with Gasteiger partial charge in [0.15, 0.2) is 11.5 Å². The minimum absolute atomic E-state index is 0.259. The Labute approximate surface area is 146 Å². The minimum atomic E-state index is -0.792. The molecule has 0 radical (unpaired) electrons. The van der Waals surface area contributed by atoms with Gasteiger partial charge in [0.1, 0.15) is 12.1 Å². The van der Waals surface area contributed by atoms with Gasteiger partial charge in [-0.25, -0.2) is 9.59 Å². The zero-order chi connectivity index (χ0) is 18.0. The topological polar surface area (TPSA) is 76.2 Å². The number of rotatable bonds is 4. The van der Waals surface area contributed by atoms with Crippen LogP contribution in [0.2, 0.25) is 0 Å². The molecule has 1 aliphatic heterocycles. The largest absolute Gasteiger partial charge is 0.493 e. The number of urea groups is 1. The third-order valence-corrected chi connectivity index (χ3v) is 5.06. The van der Waals surface area contributed by atoms with Gasteiger partial charge in [0, 0.05) is 7.05 Å². The Bertz CT molecular complexity index is 696. The van der Waals surface area contributed by atoms with Crippen LogP contribution in [0.15, 0.2) is 24.3 Å². The third kappa shape index (κ3) is 2.94. The Hall–Kier alpha value is -2.57. The van der Waals surface area contributed by atoms with Crippen LogP contribution in [-0.4, -0.2) is 53.9 Å². The fourth-order valence-corrected chi connectivity index (χ4v) is 3.66. The van der Waals surface area contributed by atoms with Crippen LogP contribution < -0.4 is 9.47 Å². The summed E-state index contributed by atoms with van der Waals surface area (Å²) >= 11 is 0. The summed E-state index contributed by atoms with van der Waals surface area (Å²) in [5.41, 5.74) is -0.792. The summed E-state index contributed by atoms with van der Waals surface area (Å²) < 4.78 is 10.4. The summed E-state index contributed by atoms with van der Waals surface area (Å²) in [5, 5.41) is 0. The SMILES string of the molecule is COc1ccccc1OC(=O)CN1C(=O)N(C)C2(CCCCC2)C1=O. The summed E-state index contributed by atoms with van der Waals surface area (Å²) in [4.78, 5) is 40.1. The number of ether oxygens (including phenoxy) is 2. The number of likely N-dealkylation sites (N-methyl/N-ethyl adjacent to an activating group) is 1. The molecule has 1 saturated carbocycles. The molecule has 0 unspecified atom stereocenters. The average molecular weight is 346 g/mol. The fraction of sp³-hybridized carbons (Fsp3) is 0.500. The number of amides is 3. The van der Waals surface area contributed by atoms with E-state index in [9.17, 15) is 14.4 Å². The van der Waals surface area contributed by atoms with Crippen molar-refractivity contribution in [1.29, 1.82) is 0 Å². The second kappa shape index (κ2) is 6.74. The lowest BCUT2D eigenvalue weighted by Gasteiger charge is -2.35. The maximum Gasteiger partial charge on any atom is 0.331 e. The number of hydrogen-bond donors (Lipinski definition) is 0. The van der Waals surface area contributed by atoms with Gasteiger partial charge >= 0.3 is 12.0 Å². The van der Waals surface area contributed by atoms with Crippen LogP contribution in [0.1, 0.15) is 32.1 Å². The molecule has 3 amide bonds. The Morgan fingerprint density at radius 3 is 2.40 bits per heavy atom. The van der Waals surface area contributed by atoms with E-state index in [-0.39, 0.29) is 11.7 Å². The number of imide groups is 1. The standard InChI is InChI=1S/C18H22N2O5/c1-19-17(23)20(16(22)18(19)10-6-3-7-11-18)12-15(21)25-14-9-5-4-8-13(14)24-2/h4-5,8-9H,3,6-7,10-12H2,1-2H3. The smallest absolute Gasteiger partial charge is 0.331 e. The van der Waals surface area contributed by atoms with Crippen molar-refractivity contribution in [2.75, 3.05) is 20.7 Å². The summed E-state index contributed by atoms with van der Waals surface area (Å²) in [6, 6.07) is 6.29. The van der Waals surface area contributed by atoms with Gasteiger partial charge in [-0.05, 0) is 25.0 Å². The highest BCUT2D eigenvalue weighted by Gasteiger charge is 2.55. The number of para-hydroxylation sites is 2. The zero-order valence-electron chi connectivity index (χ0n) is 14.5. The highest BCUT2D eigenvalue weighted by molar-refractivity contribution is 6.08. The summed E-state index contributed by atoms with van der Waals surface area (Å²) in [6.45, 7) is -0.401. The second-order valence-electron chi connectivity index (χ2n) is 6.45. The molecule has 25 heavy (non-hydrogen) atoms. The van der Waals surface area contributed by atoms with Gasteiger partial charge in [-0.3, -0.25) is 9.69 Å². The van der Waals surface area contributed by atoms with Gasteiger partial charge in [0.2, 0.25) is 0 Å². The van der Waals surface area contributed by atoms with E-state index in [1.807, 2.05) is 0 Å². The van der Waals surface area contributed by atoms with Crippen molar-refractivity contribution in [2.45, 2.75) is 37.6 Å². The fourth-order valence-electron chi connectivity index (χ4n) is 3.66. The number of esters is 1. The van der Waals surface area contributed by atoms with E-state index in [4.69, 9.17) is 9.47 Å². The first-order chi connectivity index (χ1) is 12.0. The lowest BCUT2D eigenvalue weighted by atomic mass is 9.81. The van der Waals surface area contributed by atoms with E-state index in [1.54, 1.807) is 31.3 Å². The summed E-state index contributed by atoms with van der Waals surface area (Å²) in [6.07, 6.45) is 4.16. The first-order valence-corrected chi connectivity index (χ1v) is 8.43. The van der Waals surface area contributed by atoms with Crippen molar-refractivity contribution in [1.82, 2.24) is 9.80 Å². The van der Waals surface area contributed by atoms with Crippen molar-refractivity contribution in [3.8, 4) is 11.5 Å². The quantitative estimate of drug-likeness (QED) is 0.475. The Kier molecular flexibility index (Phi) is 4.65. The molecule has 134 valence electrons. The van der Waals surface area contributed by atoms with E-state index >= 15 is 0 Å². The second-order valence-corrected chi connectivity index (χ2v) is 6.45. The molecule has 1 saturated heterocycles. The molecule has 0 aromatic heterocycles. The van der Waals surface area contributed by atoms with Crippen LogP contribution in [-0.2, 0) is 9.59 Å². The number of carbonyl (C=O) groups is 3. The van der Waals surface area contributed by atoms with Crippen LogP contribution in [0.25, 0.3) is 0 Å². The number of hydrogen-bond acceptors (Lipinski definition) is 5. The molecule has 7 nitrogen and oxygen atoms in total. The van der Waals surface area contributed by atoms with Crippen LogP contribution in [0.3, 0.4) is 0 Å². The maximum absolute atomic E-state index is 12.8. The van der Waals surface area contributed by atoms with E-state index in [0.29, 0.717) is 18.6 Å². The number of methoxy groups -OCH3 is 1. The zero-order valence-corrected chi connectivity index (χ0v) is 14.5. The van der Waals surface area contributed by atoms with Crippen molar-refractivity contribution in [3.63, 3.8) is 0 Å². The molecule has 1 aromatic rings. The first-order valence-electron chi connectivity index (χ1n) is 8.43. The minimum Gasteiger partial charge on any atom is -0.493 e. The van der Waals surface area contributed by atoms with Crippen molar-refractivity contribution < 1.29 is 23.9 Å². The monoisotopic (exact) mass is 346 g/mol. The predicted octanol–water partition coefficient (Wildman–Crippen LogP) is 2.20. The molecular weight excluding hydrogens is 324 g/mol. The van der Waals surface area contributed by atoms with Gasteiger partial charge in [-0.2, -0.15) is 0 Å².